The van der Waals surface area contributed by atoms with Crippen molar-refractivity contribution in [3.05, 3.63) is 53.8 Å². The molecule has 2 amide bonds. The summed E-state index contributed by atoms with van der Waals surface area (Å²) in [5.41, 5.74) is 1.58. The average molecular weight is 414 g/mol. The van der Waals surface area contributed by atoms with Crippen LogP contribution in [0.5, 0.6) is 0 Å². The molecule has 30 heavy (non-hydrogen) atoms. The SMILES string of the molecule is CC(=O)Nc1ccc(N2CCN(CC(=O)Nc3ccc(F)cc3)CC2)cc1C(=O)O. The van der Waals surface area contributed by atoms with Crippen LogP contribution in [0.2, 0.25) is 0 Å². The van der Waals surface area contributed by atoms with Crippen molar-refractivity contribution in [2.45, 2.75) is 6.92 Å². The van der Waals surface area contributed by atoms with Crippen molar-refractivity contribution in [1.29, 1.82) is 0 Å². The van der Waals surface area contributed by atoms with Crippen molar-refractivity contribution < 1.29 is 23.9 Å². The van der Waals surface area contributed by atoms with Gasteiger partial charge in [0.2, 0.25) is 11.8 Å². The van der Waals surface area contributed by atoms with Crippen LogP contribution < -0.4 is 15.5 Å². The molecule has 3 rings (SSSR count). The minimum absolute atomic E-state index is 0.0313. The summed E-state index contributed by atoms with van der Waals surface area (Å²) in [5, 5.41) is 14.7. The smallest absolute Gasteiger partial charge is 0.337 e. The predicted molar refractivity (Wildman–Crippen MR) is 111 cm³/mol. The van der Waals surface area contributed by atoms with Gasteiger partial charge in [-0.15, -0.1) is 0 Å². The molecule has 0 atom stereocenters. The normalized spacial score (nSPS) is 14.3. The molecule has 2 aromatic rings. The van der Waals surface area contributed by atoms with Crippen LogP contribution in [-0.4, -0.2) is 60.5 Å². The molecule has 0 saturated carbocycles. The van der Waals surface area contributed by atoms with Gasteiger partial charge in [-0.25, -0.2) is 9.18 Å². The molecule has 0 unspecified atom stereocenters. The van der Waals surface area contributed by atoms with Crippen LogP contribution >= 0.6 is 0 Å². The number of nitrogens with zero attached hydrogens (tertiary/aromatic N) is 2. The molecule has 1 fully saturated rings. The van der Waals surface area contributed by atoms with Gasteiger partial charge in [0.25, 0.3) is 0 Å². The Balaban J connectivity index is 1.56. The molecular weight excluding hydrogens is 391 g/mol. The van der Waals surface area contributed by atoms with Crippen molar-refractivity contribution in [2.75, 3.05) is 48.3 Å². The van der Waals surface area contributed by atoms with Crippen molar-refractivity contribution >= 4 is 34.8 Å². The standard InChI is InChI=1S/C21H23FN4O4/c1-14(27)23-19-7-6-17(12-18(19)21(29)30)26-10-8-25(9-11-26)13-20(28)24-16-4-2-15(22)3-5-16/h2-7,12H,8-11,13H2,1H3,(H,23,27)(H,24,28)(H,29,30). The number of nitrogens with one attached hydrogen (secondary N) is 2. The van der Waals surface area contributed by atoms with E-state index < -0.39 is 5.97 Å². The zero-order chi connectivity index (χ0) is 21.7. The highest BCUT2D eigenvalue weighted by molar-refractivity contribution is 6.00. The first-order valence-corrected chi connectivity index (χ1v) is 9.49. The van der Waals surface area contributed by atoms with E-state index in [1.807, 2.05) is 9.80 Å². The molecule has 1 aliphatic rings. The third-order valence-electron chi connectivity index (χ3n) is 4.78. The fraction of sp³-hybridized carbons (Fsp3) is 0.286. The van der Waals surface area contributed by atoms with Crippen molar-refractivity contribution in [3.8, 4) is 0 Å². The van der Waals surface area contributed by atoms with Gasteiger partial charge in [0.1, 0.15) is 5.82 Å². The summed E-state index contributed by atoms with van der Waals surface area (Å²) in [4.78, 5) is 39.0. The lowest BCUT2D eigenvalue weighted by Gasteiger charge is -2.36. The first kappa shape index (κ1) is 21.3. The lowest BCUT2D eigenvalue weighted by Crippen LogP contribution is -2.48. The van der Waals surface area contributed by atoms with Crippen molar-refractivity contribution in [3.63, 3.8) is 0 Å². The van der Waals surface area contributed by atoms with Gasteiger partial charge in [-0.1, -0.05) is 0 Å². The predicted octanol–water partition coefficient (Wildman–Crippen LogP) is 2.24. The molecule has 3 N–H and O–H groups in total. The second kappa shape index (κ2) is 9.36. The highest BCUT2D eigenvalue weighted by Gasteiger charge is 2.21. The Morgan fingerprint density at radius 2 is 1.67 bits per heavy atom. The molecule has 0 aliphatic carbocycles. The van der Waals surface area contributed by atoms with E-state index in [0.717, 1.165) is 5.69 Å². The van der Waals surface area contributed by atoms with Gasteiger partial charge >= 0.3 is 5.97 Å². The highest BCUT2D eigenvalue weighted by Crippen LogP contribution is 2.24. The Kier molecular flexibility index (Phi) is 6.63. The van der Waals surface area contributed by atoms with Gasteiger partial charge in [-0.2, -0.15) is 0 Å². The van der Waals surface area contributed by atoms with Crippen LogP contribution in [0.15, 0.2) is 42.5 Å². The molecule has 0 aromatic heterocycles. The van der Waals surface area contributed by atoms with E-state index in [4.69, 9.17) is 0 Å². The fourth-order valence-electron chi connectivity index (χ4n) is 3.31. The molecular formula is C21H23FN4O4. The van der Waals surface area contributed by atoms with E-state index in [0.29, 0.717) is 31.9 Å². The van der Waals surface area contributed by atoms with Crippen LogP contribution in [0.1, 0.15) is 17.3 Å². The number of amides is 2. The highest BCUT2D eigenvalue weighted by atomic mass is 19.1. The van der Waals surface area contributed by atoms with Crippen LogP contribution in [0.25, 0.3) is 0 Å². The number of carbonyl (C=O) groups is 3. The summed E-state index contributed by atoms with van der Waals surface area (Å²) in [6.45, 7) is 4.06. The van der Waals surface area contributed by atoms with Gasteiger partial charge in [0.05, 0.1) is 17.8 Å². The second-order valence-corrected chi connectivity index (χ2v) is 7.03. The van der Waals surface area contributed by atoms with Crippen LogP contribution in [0, 0.1) is 5.82 Å². The van der Waals surface area contributed by atoms with E-state index in [1.54, 1.807) is 18.2 Å². The monoisotopic (exact) mass is 414 g/mol. The number of aromatic carboxylic acids is 1. The number of hydrogen-bond donors (Lipinski definition) is 3. The van der Waals surface area contributed by atoms with Crippen molar-refractivity contribution in [2.24, 2.45) is 0 Å². The lowest BCUT2D eigenvalue weighted by atomic mass is 10.1. The summed E-state index contributed by atoms with van der Waals surface area (Å²) >= 11 is 0. The lowest BCUT2D eigenvalue weighted by molar-refractivity contribution is -0.117. The zero-order valence-electron chi connectivity index (χ0n) is 16.5. The Morgan fingerprint density at radius 3 is 2.27 bits per heavy atom. The Bertz CT molecular complexity index is 941. The molecule has 0 radical (unpaired) electrons. The van der Waals surface area contributed by atoms with Gasteiger partial charge in [0, 0.05) is 44.5 Å². The summed E-state index contributed by atoms with van der Waals surface area (Å²) < 4.78 is 12.9. The maximum absolute atomic E-state index is 12.9. The Morgan fingerprint density at radius 1 is 1.00 bits per heavy atom. The number of piperazine rings is 1. The Labute approximate surface area is 173 Å². The summed E-state index contributed by atoms with van der Waals surface area (Å²) in [6.07, 6.45) is 0. The number of carboxylic acids is 1. The van der Waals surface area contributed by atoms with Crippen LogP contribution in [0.4, 0.5) is 21.5 Å². The van der Waals surface area contributed by atoms with Gasteiger partial charge in [-0.05, 0) is 42.5 Å². The molecule has 9 heteroatoms. The van der Waals surface area contributed by atoms with Crippen LogP contribution in [-0.2, 0) is 9.59 Å². The molecule has 1 saturated heterocycles. The Hall–Kier alpha value is -3.46. The fourth-order valence-corrected chi connectivity index (χ4v) is 3.31. The largest absolute Gasteiger partial charge is 0.478 e. The number of carbonyl (C=O) groups excluding carboxylic acids is 2. The number of rotatable bonds is 6. The number of halogens is 1. The summed E-state index contributed by atoms with van der Waals surface area (Å²) in [7, 11) is 0. The molecule has 1 aliphatic heterocycles. The summed E-state index contributed by atoms with van der Waals surface area (Å²) in [6, 6.07) is 10.5. The molecule has 1 heterocycles. The van der Waals surface area contributed by atoms with Gasteiger partial charge in [0.15, 0.2) is 0 Å². The minimum atomic E-state index is -1.11. The van der Waals surface area contributed by atoms with E-state index in [1.165, 1.54) is 31.2 Å². The van der Waals surface area contributed by atoms with E-state index in [-0.39, 0.29) is 35.4 Å². The average Bonchev–Trinajstić information content (AvgIpc) is 2.70. The van der Waals surface area contributed by atoms with E-state index in [2.05, 4.69) is 10.6 Å². The van der Waals surface area contributed by atoms with E-state index in [9.17, 15) is 23.9 Å². The number of anilines is 3. The number of carboxylic acid groups (broad SMARTS) is 1. The molecule has 0 spiro atoms. The van der Waals surface area contributed by atoms with Crippen molar-refractivity contribution in [1.82, 2.24) is 4.90 Å². The quantitative estimate of drug-likeness (QED) is 0.670. The zero-order valence-corrected chi connectivity index (χ0v) is 16.5. The third kappa shape index (κ3) is 5.54. The first-order valence-electron chi connectivity index (χ1n) is 9.49. The maximum Gasteiger partial charge on any atom is 0.337 e. The molecule has 0 bridgehead atoms. The maximum atomic E-state index is 12.9. The summed E-state index contributed by atoms with van der Waals surface area (Å²) in [5.74, 6) is -1.99. The minimum Gasteiger partial charge on any atom is -0.478 e. The molecule has 8 nitrogen and oxygen atoms in total. The van der Waals surface area contributed by atoms with Crippen LogP contribution in [0.3, 0.4) is 0 Å². The number of hydrogen-bond acceptors (Lipinski definition) is 5. The molecule has 2 aromatic carbocycles. The van der Waals surface area contributed by atoms with E-state index >= 15 is 0 Å². The van der Waals surface area contributed by atoms with Gasteiger partial charge < -0.3 is 20.6 Å². The van der Waals surface area contributed by atoms with Gasteiger partial charge in [-0.3, -0.25) is 14.5 Å². The topological polar surface area (TPSA) is 102 Å². The second-order valence-electron chi connectivity index (χ2n) is 7.03. The first-order chi connectivity index (χ1) is 14.3. The molecule has 158 valence electrons. The third-order valence-corrected chi connectivity index (χ3v) is 4.78. The number of benzene rings is 2.